The van der Waals surface area contributed by atoms with E-state index < -0.39 is 0 Å². The van der Waals surface area contributed by atoms with Crippen LogP contribution in [0.15, 0.2) is 36.4 Å². The van der Waals surface area contributed by atoms with Crippen LogP contribution >= 0.6 is 0 Å². The SMILES string of the molecule is Cc1cc(-c2ccc(C)c(-c3cc(C)c(O)cc3C)c2O)c(C)cc1O. The molecule has 0 aliphatic heterocycles. The Hall–Kier alpha value is -2.94. The van der Waals surface area contributed by atoms with E-state index in [1.54, 1.807) is 12.1 Å². The first kappa shape index (κ1) is 17.9. The lowest BCUT2D eigenvalue weighted by atomic mass is 9.89. The minimum Gasteiger partial charge on any atom is -0.508 e. The average Bonchev–Trinajstić information content (AvgIpc) is 2.56. The Balaban J connectivity index is 2.30. The van der Waals surface area contributed by atoms with Gasteiger partial charge in [0.2, 0.25) is 0 Å². The summed E-state index contributed by atoms with van der Waals surface area (Å²) in [6.45, 7) is 9.51. The zero-order valence-electron chi connectivity index (χ0n) is 15.8. The maximum atomic E-state index is 11.1. The van der Waals surface area contributed by atoms with Crippen molar-refractivity contribution in [3.63, 3.8) is 0 Å². The van der Waals surface area contributed by atoms with Crippen molar-refractivity contribution in [3.05, 3.63) is 64.2 Å². The lowest BCUT2D eigenvalue weighted by Crippen LogP contribution is -1.93. The Morgan fingerprint density at radius 1 is 0.500 bits per heavy atom. The van der Waals surface area contributed by atoms with Gasteiger partial charge in [-0.2, -0.15) is 0 Å². The molecule has 3 nitrogen and oxygen atoms in total. The quantitative estimate of drug-likeness (QED) is 0.558. The molecule has 0 aliphatic carbocycles. The summed E-state index contributed by atoms with van der Waals surface area (Å²) in [7, 11) is 0. The van der Waals surface area contributed by atoms with E-state index in [1.807, 2.05) is 58.9 Å². The van der Waals surface area contributed by atoms with Crippen LogP contribution in [0, 0.1) is 34.6 Å². The van der Waals surface area contributed by atoms with Crippen LogP contribution in [-0.2, 0) is 0 Å². The average molecular weight is 348 g/mol. The van der Waals surface area contributed by atoms with E-state index in [2.05, 4.69) is 0 Å². The smallest absolute Gasteiger partial charge is 0.131 e. The fourth-order valence-electron chi connectivity index (χ4n) is 3.41. The normalized spacial score (nSPS) is 11.0. The van der Waals surface area contributed by atoms with Gasteiger partial charge in [0.05, 0.1) is 0 Å². The summed E-state index contributed by atoms with van der Waals surface area (Å²) in [4.78, 5) is 0. The Morgan fingerprint density at radius 2 is 1.00 bits per heavy atom. The molecule has 3 aromatic carbocycles. The van der Waals surface area contributed by atoms with E-state index in [0.29, 0.717) is 0 Å². The molecule has 0 amide bonds. The van der Waals surface area contributed by atoms with E-state index in [4.69, 9.17) is 0 Å². The number of aryl methyl sites for hydroxylation is 5. The summed E-state index contributed by atoms with van der Waals surface area (Å²) in [5.74, 6) is 0.721. The van der Waals surface area contributed by atoms with Crippen LogP contribution in [0.25, 0.3) is 22.3 Å². The van der Waals surface area contributed by atoms with Gasteiger partial charge >= 0.3 is 0 Å². The number of phenols is 3. The topological polar surface area (TPSA) is 60.7 Å². The molecule has 0 fully saturated rings. The second-order valence-electron chi connectivity index (χ2n) is 7.06. The molecule has 0 bridgehead atoms. The van der Waals surface area contributed by atoms with Gasteiger partial charge in [-0.05, 0) is 97.8 Å². The molecule has 26 heavy (non-hydrogen) atoms. The Labute approximate surface area is 154 Å². The van der Waals surface area contributed by atoms with Crippen LogP contribution < -0.4 is 0 Å². The fourth-order valence-corrected chi connectivity index (χ4v) is 3.41. The van der Waals surface area contributed by atoms with Gasteiger partial charge in [0, 0.05) is 11.1 Å². The number of aromatic hydroxyl groups is 3. The van der Waals surface area contributed by atoms with Gasteiger partial charge < -0.3 is 15.3 Å². The highest BCUT2D eigenvalue weighted by atomic mass is 16.3. The predicted octanol–water partition coefficient (Wildman–Crippen LogP) is 5.68. The summed E-state index contributed by atoms with van der Waals surface area (Å²) >= 11 is 0. The molecule has 0 radical (unpaired) electrons. The Bertz CT molecular complexity index is 1020. The first-order chi connectivity index (χ1) is 12.2. The van der Waals surface area contributed by atoms with Crippen molar-refractivity contribution in [1.82, 2.24) is 0 Å². The molecule has 0 aromatic heterocycles. The summed E-state index contributed by atoms with van der Waals surface area (Å²) in [5.41, 5.74) is 7.61. The molecule has 0 saturated carbocycles. The molecule has 0 aliphatic rings. The number of hydrogen-bond donors (Lipinski definition) is 3. The van der Waals surface area contributed by atoms with E-state index in [1.165, 1.54) is 0 Å². The van der Waals surface area contributed by atoms with Crippen molar-refractivity contribution in [2.45, 2.75) is 34.6 Å². The van der Waals surface area contributed by atoms with E-state index in [0.717, 1.165) is 50.1 Å². The maximum Gasteiger partial charge on any atom is 0.131 e. The molecule has 0 atom stereocenters. The monoisotopic (exact) mass is 348 g/mol. The third-order valence-electron chi connectivity index (χ3n) is 5.03. The molecule has 3 heteroatoms. The van der Waals surface area contributed by atoms with Crippen molar-refractivity contribution in [1.29, 1.82) is 0 Å². The summed E-state index contributed by atoms with van der Waals surface area (Å²) in [6, 6.07) is 11.2. The van der Waals surface area contributed by atoms with Gasteiger partial charge in [0.25, 0.3) is 0 Å². The molecule has 134 valence electrons. The van der Waals surface area contributed by atoms with Crippen LogP contribution in [0.4, 0.5) is 0 Å². The van der Waals surface area contributed by atoms with Crippen molar-refractivity contribution in [3.8, 4) is 39.5 Å². The van der Waals surface area contributed by atoms with Gasteiger partial charge in [0.1, 0.15) is 17.2 Å². The van der Waals surface area contributed by atoms with Crippen LogP contribution in [0.2, 0.25) is 0 Å². The zero-order chi connectivity index (χ0) is 19.2. The number of benzene rings is 3. The van der Waals surface area contributed by atoms with Crippen LogP contribution in [0.3, 0.4) is 0 Å². The number of hydrogen-bond acceptors (Lipinski definition) is 3. The molecule has 3 aromatic rings. The third-order valence-corrected chi connectivity index (χ3v) is 5.03. The standard InChI is InChI=1S/C23H24O3/c1-12-6-7-17(18-8-15(4)20(24)10-13(18)2)23(26)22(12)19-9-16(5)21(25)11-14(19)3/h6-11,24-26H,1-5H3. The zero-order valence-corrected chi connectivity index (χ0v) is 15.8. The van der Waals surface area contributed by atoms with Gasteiger partial charge in [0.15, 0.2) is 0 Å². The van der Waals surface area contributed by atoms with Crippen LogP contribution in [0.1, 0.15) is 27.8 Å². The summed E-state index contributed by atoms with van der Waals surface area (Å²) in [6.07, 6.45) is 0. The van der Waals surface area contributed by atoms with Gasteiger partial charge in [-0.3, -0.25) is 0 Å². The highest BCUT2D eigenvalue weighted by Gasteiger charge is 2.18. The first-order valence-corrected chi connectivity index (χ1v) is 8.64. The lowest BCUT2D eigenvalue weighted by Gasteiger charge is -2.18. The Morgan fingerprint density at radius 3 is 1.58 bits per heavy atom. The highest BCUT2D eigenvalue weighted by molar-refractivity contribution is 5.87. The number of rotatable bonds is 2. The van der Waals surface area contributed by atoms with Crippen LogP contribution in [-0.4, -0.2) is 15.3 Å². The highest BCUT2D eigenvalue weighted by Crippen LogP contribution is 2.44. The molecule has 0 saturated heterocycles. The first-order valence-electron chi connectivity index (χ1n) is 8.64. The molecule has 0 spiro atoms. The van der Waals surface area contributed by atoms with Crippen molar-refractivity contribution < 1.29 is 15.3 Å². The summed E-state index contributed by atoms with van der Waals surface area (Å²) < 4.78 is 0. The fraction of sp³-hybridized carbons (Fsp3) is 0.217. The summed E-state index contributed by atoms with van der Waals surface area (Å²) in [5, 5.41) is 31.0. The second kappa shape index (κ2) is 6.41. The molecule has 0 heterocycles. The molecule has 3 N–H and O–H groups in total. The van der Waals surface area contributed by atoms with Gasteiger partial charge in [-0.25, -0.2) is 0 Å². The van der Waals surface area contributed by atoms with Crippen LogP contribution in [0.5, 0.6) is 17.2 Å². The minimum atomic E-state index is 0.214. The molecular formula is C23H24O3. The Kier molecular flexibility index (Phi) is 4.41. The largest absolute Gasteiger partial charge is 0.508 e. The van der Waals surface area contributed by atoms with E-state index in [-0.39, 0.29) is 17.2 Å². The second-order valence-corrected chi connectivity index (χ2v) is 7.06. The number of phenolic OH excluding ortho intramolecular Hbond substituents is 3. The third kappa shape index (κ3) is 2.90. The van der Waals surface area contributed by atoms with Crippen molar-refractivity contribution >= 4 is 0 Å². The predicted molar refractivity (Wildman–Crippen MR) is 106 cm³/mol. The van der Waals surface area contributed by atoms with E-state index >= 15 is 0 Å². The van der Waals surface area contributed by atoms with E-state index in [9.17, 15) is 15.3 Å². The minimum absolute atomic E-state index is 0.214. The molecule has 3 rings (SSSR count). The maximum absolute atomic E-state index is 11.1. The molecule has 0 unspecified atom stereocenters. The molecular weight excluding hydrogens is 324 g/mol. The van der Waals surface area contributed by atoms with Gasteiger partial charge in [-0.1, -0.05) is 12.1 Å². The van der Waals surface area contributed by atoms with Gasteiger partial charge in [-0.15, -0.1) is 0 Å². The van der Waals surface area contributed by atoms with Crippen molar-refractivity contribution in [2.24, 2.45) is 0 Å². The lowest BCUT2D eigenvalue weighted by molar-refractivity contribution is 0.470. The van der Waals surface area contributed by atoms with Crippen molar-refractivity contribution in [2.75, 3.05) is 0 Å².